The summed E-state index contributed by atoms with van der Waals surface area (Å²) in [5.41, 5.74) is 1.98. The molecule has 1 aliphatic heterocycles. The summed E-state index contributed by atoms with van der Waals surface area (Å²) in [5.74, 6) is 0.806. The Morgan fingerprint density at radius 2 is 1.88 bits per heavy atom. The second-order valence-corrected chi connectivity index (χ2v) is 9.98. The number of anilines is 1. The molecule has 1 heterocycles. The summed E-state index contributed by atoms with van der Waals surface area (Å²) in [6.45, 7) is 1.94. The van der Waals surface area contributed by atoms with E-state index in [4.69, 9.17) is 4.74 Å². The van der Waals surface area contributed by atoms with Gasteiger partial charge < -0.3 is 15.4 Å². The van der Waals surface area contributed by atoms with E-state index >= 15 is 0 Å². The molecule has 4 rings (SSSR count). The molecule has 2 aliphatic rings. The number of sulfonamides is 1. The number of amides is 2. The van der Waals surface area contributed by atoms with Crippen LogP contribution in [0.3, 0.4) is 0 Å². The van der Waals surface area contributed by atoms with E-state index in [1.807, 2.05) is 0 Å². The summed E-state index contributed by atoms with van der Waals surface area (Å²) in [4.78, 5) is 14.2. The monoisotopic (exact) mass is 474 g/mol. The smallest absolute Gasteiger partial charge is 0.323 e. The van der Waals surface area contributed by atoms with Crippen molar-refractivity contribution in [2.45, 2.75) is 25.9 Å². The van der Waals surface area contributed by atoms with Gasteiger partial charge >= 0.3 is 6.03 Å². The standard InChI is InChI=1S/C23H27FN4O4S/c1-4-28(33(3,30)31)21-13-18(32-17-9-7-16(24)8-10-17)11-12-19(21)22-26-20(15-5-6-15)14-27(22)23(29)25-2/h7-15,22,26H,4-6H2,1-3H3,(H,25,29). The number of carbonyl (C=O) groups is 1. The fourth-order valence-electron chi connectivity index (χ4n) is 3.90. The summed E-state index contributed by atoms with van der Waals surface area (Å²) >= 11 is 0. The predicted molar refractivity (Wildman–Crippen MR) is 124 cm³/mol. The SMILES string of the molecule is CCN(c1cc(Oc2ccc(F)cc2)ccc1C1NC(C2CC2)=CN1C(=O)NC)S(C)(=O)=O. The van der Waals surface area contributed by atoms with E-state index in [1.54, 1.807) is 43.3 Å². The van der Waals surface area contributed by atoms with Crippen LogP contribution >= 0.6 is 0 Å². The van der Waals surface area contributed by atoms with Crippen molar-refractivity contribution in [1.29, 1.82) is 0 Å². The fraction of sp³-hybridized carbons (Fsp3) is 0.348. The van der Waals surface area contributed by atoms with E-state index in [2.05, 4.69) is 10.6 Å². The van der Waals surface area contributed by atoms with Crippen LogP contribution in [0.1, 0.15) is 31.5 Å². The van der Waals surface area contributed by atoms with Crippen molar-refractivity contribution in [2.75, 3.05) is 24.2 Å². The lowest BCUT2D eigenvalue weighted by Gasteiger charge is -2.30. The predicted octanol–water partition coefficient (Wildman–Crippen LogP) is 3.90. The second kappa shape index (κ2) is 8.93. The number of hydrogen-bond acceptors (Lipinski definition) is 5. The van der Waals surface area contributed by atoms with Crippen LogP contribution < -0.4 is 19.7 Å². The number of nitrogens with zero attached hydrogens (tertiary/aromatic N) is 2. The third kappa shape index (κ3) is 4.90. The van der Waals surface area contributed by atoms with Gasteiger partial charge in [0.2, 0.25) is 10.0 Å². The number of allylic oxidation sites excluding steroid dienone is 1. The van der Waals surface area contributed by atoms with Crippen LogP contribution in [0.25, 0.3) is 0 Å². The maximum atomic E-state index is 13.2. The Labute approximate surface area is 193 Å². The normalized spacial score (nSPS) is 17.9. The Bertz CT molecular complexity index is 1180. The van der Waals surface area contributed by atoms with E-state index in [9.17, 15) is 17.6 Å². The first-order valence-corrected chi connectivity index (χ1v) is 12.6. The molecule has 0 aromatic heterocycles. The number of hydrogen-bond donors (Lipinski definition) is 2. The lowest BCUT2D eigenvalue weighted by Crippen LogP contribution is -2.39. The quantitative estimate of drug-likeness (QED) is 0.635. The molecule has 1 saturated carbocycles. The first-order chi connectivity index (χ1) is 15.7. The van der Waals surface area contributed by atoms with Crippen molar-refractivity contribution < 1.29 is 22.3 Å². The van der Waals surface area contributed by atoms with Crippen molar-refractivity contribution in [1.82, 2.24) is 15.5 Å². The summed E-state index contributed by atoms with van der Waals surface area (Å²) in [6, 6.07) is 10.3. The summed E-state index contributed by atoms with van der Waals surface area (Å²) < 4.78 is 45.6. The average Bonchev–Trinajstić information content (AvgIpc) is 3.53. The van der Waals surface area contributed by atoms with Gasteiger partial charge in [0.05, 0.1) is 11.9 Å². The van der Waals surface area contributed by atoms with Crippen molar-refractivity contribution in [3.05, 3.63) is 65.7 Å². The van der Waals surface area contributed by atoms with E-state index in [0.29, 0.717) is 28.7 Å². The number of halogens is 1. The van der Waals surface area contributed by atoms with E-state index in [-0.39, 0.29) is 18.4 Å². The molecule has 1 atom stereocenters. The maximum Gasteiger partial charge on any atom is 0.323 e. The third-order valence-electron chi connectivity index (χ3n) is 5.63. The number of carbonyl (C=O) groups excluding carboxylic acids is 1. The lowest BCUT2D eigenvalue weighted by molar-refractivity contribution is 0.203. The van der Waals surface area contributed by atoms with Gasteiger partial charge in [-0.1, -0.05) is 0 Å². The fourth-order valence-corrected chi connectivity index (χ4v) is 4.88. The zero-order valence-electron chi connectivity index (χ0n) is 18.7. The molecule has 10 heteroatoms. The molecule has 0 spiro atoms. The largest absolute Gasteiger partial charge is 0.457 e. The highest BCUT2D eigenvalue weighted by molar-refractivity contribution is 7.92. The lowest BCUT2D eigenvalue weighted by atomic mass is 10.1. The van der Waals surface area contributed by atoms with Gasteiger partial charge in [-0.25, -0.2) is 17.6 Å². The van der Waals surface area contributed by atoms with Crippen LogP contribution in [-0.2, 0) is 10.0 Å². The maximum absolute atomic E-state index is 13.2. The average molecular weight is 475 g/mol. The van der Waals surface area contributed by atoms with Gasteiger partial charge in [0.15, 0.2) is 0 Å². The Morgan fingerprint density at radius 1 is 1.21 bits per heavy atom. The molecule has 8 nitrogen and oxygen atoms in total. The van der Waals surface area contributed by atoms with E-state index < -0.39 is 16.2 Å². The van der Waals surface area contributed by atoms with Gasteiger partial charge in [-0.3, -0.25) is 9.21 Å². The zero-order chi connectivity index (χ0) is 23.8. The molecule has 1 fully saturated rings. The molecule has 2 aromatic rings. The topological polar surface area (TPSA) is 91.0 Å². The molecular weight excluding hydrogens is 447 g/mol. The first kappa shape index (κ1) is 22.9. The Balaban J connectivity index is 1.76. The van der Waals surface area contributed by atoms with Crippen LogP contribution in [-0.4, -0.2) is 39.2 Å². The van der Waals surface area contributed by atoms with Crippen LogP contribution in [0.4, 0.5) is 14.9 Å². The van der Waals surface area contributed by atoms with Gasteiger partial charge in [0, 0.05) is 43.0 Å². The van der Waals surface area contributed by atoms with Crippen LogP contribution in [0.15, 0.2) is 54.4 Å². The highest BCUT2D eigenvalue weighted by Gasteiger charge is 2.38. The van der Waals surface area contributed by atoms with Gasteiger partial charge in [0.25, 0.3) is 0 Å². The summed E-state index contributed by atoms with van der Waals surface area (Å²) in [6.07, 6.45) is 4.46. The third-order valence-corrected chi connectivity index (χ3v) is 6.88. The molecule has 2 aromatic carbocycles. The van der Waals surface area contributed by atoms with E-state index in [1.165, 1.54) is 28.6 Å². The number of nitrogens with one attached hydrogen (secondary N) is 2. The Morgan fingerprint density at radius 3 is 2.45 bits per heavy atom. The molecule has 1 aliphatic carbocycles. The number of benzene rings is 2. The number of ether oxygens (including phenoxy) is 1. The summed E-state index contributed by atoms with van der Waals surface area (Å²) in [5, 5.41) is 6.05. The van der Waals surface area contributed by atoms with Crippen LogP contribution in [0.5, 0.6) is 11.5 Å². The van der Waals surface area contributed by atoms with Crippen LogP contribution in [0.2, 0.25) is 0 Å². The van der Waals surface area contributed by atoms with Gasteiger partial charge in [-0.05, 0) is 56.2 Å². The molecule has 0 saturated heterocycles. The van der Waals surface area contributed by atoms with Gasteiger partial charge in [-0.2, -0.15) is 0 Å². The molecular formula is C23H27FN4O4S. The van der Waals surface area contributed by atoms with Crippen molar-refractivity contribution in [2.24, 2.45) is 5.92 Å². The highest BCUT2D eigenvalue weighted by atomic mass is 32.2. The van der Waals surface area contributed by atoms with Crippen molar-refractivity contribution in [3.63, 3.8) is 0 Å². The second-order valence-electron chi connectivity index (χ2n) is 8.07. The molecule has 0 bridgehead atoms. The highest BCUT2D eigenvalue weighted by Crippen LogP contribution is 2.43. The number of rotatable bonds is 7. The molecule has 176 valence electrons. The number of urea groups is 1. The Hall–Kier alpha value is -3.27. The molecule has 2 N–H and O–H groups in total. The van der Waals surface area contributed by atoms with Crippen LogP contribution in [0, 0.1) is 11.7 Å². The zero-order valence-corrected chi connectivity index (χ0v) is 19.5. The molecule has 0 radical (unpaired) electrons. The van der Waals surface area contributed by atoms with E-state index in [0.717, 1.165) is 24.8 Å². The molecule has 2 amide bonds. The molecule has 1 unspecified atom stereocenters. The first-order valence-electron chi connectivity index (χ1n) is 10.7. The van der Waals surface area contributed by atoms with Crippen molar-refractivity contribution >= 4 is 21.7 Å². The van der Waals surface area contributed by atoms with Crippen molar-refractivity contribution in [3.8, 4) is 11.5 Å². The van der Waals surface area contributed by atoms with Gasteiger partial charge in [0.1, 0.15) is 23.5 Å². The van der Waals surface area contributed by atoms with Gasteiger partial charge in [-0.15, -0.1) is 0 Å². The minimum Gasteiger partial charge on any atom is -0.457 e. The minimum absolute atomic E-state index is 0.196. The Kier molecular flexibility index (Phi) is 6.20. The molecule has 33 heavy (non-hydrogen) atoms. The minimum atomic E-state index is -3.61. The summed E-state index contributed by atoms with van der Waals surface area (Å²) in [7, 11) is -2.06.